The summed E-state index contributed by atoms with van der Waals surface area (Å²) in [7, 11) is 0. The number of rotatable bonds is 8. The van der Waals surface area contributed by atoms with Crippen molar-refractivity contribution in [3.05, 3.63) is 284 Å². The molecule has 0 N–H and O–H groups in total. The molecule has 5 heterocycles. The van der Waals surface area contributed by atoms with Gasteiger partial charge in [-0.05, 0) is 108 Å². The van der Waals surface area contributed by atoms with Gasteiger partial charge in [0.2, 0.25) is 0 Å². The molecule has 0 saturated heterocycles. The van der Waals surface area contributed by atoms with E-state index in [1.807, 2.05) is 72.8 Å². The van der Waals surface area contributed by atoms with Crippen molar-refractivity contribution in [1.82, 2.24) is 33.2 Å². The van der Waals surface area contributed by atoms with Crippen molar-refractivity contribution in [1.29, 1.82) is 10.5 Å². The van der Waals surface area contributed by atoms with Crippen molar-refractivity contribution in [2.24, 2.45) is 0 Å². The fraction of sp³-hybridized carbons (Fsp3) is 0. The second-order valence-electron chi connectivity index (χ2n) is 21.7. The van der Waals surface area contributed by atoms with Crippen molar-refractivity contribution in [3.63, 3.8) is 0 Å². The van der Waals surface area contributed by atoms with E-state index in [9.17, 15) is 10.5 Å². The van der Waals surface area contributed by atoms with Crippen LogP contribution in [-0.4, -0.2) is 33.2 Å². The van der Waals surface area contributed by atoms with Crippen LogP contribution in [0.25, 0.3) is 155 Å². The van der Waals surface area contributed by atoms with Gasteiger partial charge in [0.25, 0.3) is 0 Å². The molecule has 0 unspecified atom stereocenters. The third-order valence-corrected chi connectivity index (χ3v) is 17.1. The second-order valence-corrected chi connectivity index (χ2v) is 21.7. The summed E-state index contributed by atoms with van der Waals surface area (Å²) in [6.45, 7) is 0. The Morgan fingerprint density at radius 3 is 1.23 bits per heavy atom. The lowest BCUT2D eigenvalue weighted by molar-refractivity contribution is 1.06. The van der Waals surface area contributed by atoms with E-state index in [0.29, 0.717) is 39.7 Å². The summed E-state index contributed by atoms with van der Waals surface area (Å²) in [5, 5.41) is 30.4. The molecular weight excluding hydrogens is 1050 g/mol. The highest BCUT2D eigenvalue weighted by molar-refractivity contribution is 6.28. The summed E-state index contributed by atoms with van der Waals surface area (Å²) in [4.78, 5) is 16.6. The molecule has 0 bridgehead atoms. The topological polar surface area (TPSA) is 106 Å². The smallest absolute Gasteiger partial charge is 0.166 e. The zero-order chi connectivity index (χ0) is 57.0. The van der Waals surface area contributed by atoms with Gasteiger partial charge in [-0.3, -0.25) is 0 Å². The van der Waals surface area contributed by atoms with Crippen LogP contribution < -0.4 is 0 Å². The maximum absolute atomic E-state index is 10.8. The number of aromatic nitrogens is 7. The fourth-order valence-electron chi connectivity index (χ4n) is 13.4. The molecule has 398 valence electrons. The number of hydrogen-bond acceptors (Lipinski definition) is 5. The minimum absolute atomic E-state index is 0.386. The normalized spacial score (nSPS) is 11.7. The highest BCUT2D eigenvalue weighted by atomic mass is 15.1. The minimum atomic E-state index is 0.386. The molecule has 0 saturated carbocycles. The molecule has 9 heteroatoms. The third kappa shape index (κ3) is 7.26. The highest BCUT2D eigenvalue weighted by Gasteiger charge is 2.27. The van der Waals surface area contributed by atoms with Gasteiger partial charge in [0.15, 0.2) is 17.5 Å². The van der Waals surface area contributed by atoms with Crippen molar-refractivity contribution in [2.45, 2.75) is 0 Å². The third-order valence-electron chi connectivity index (χ3n) is 17.1. The van der Waals surface area contributed by atoms with E-state index in [0.717, 1.165) is 116 Å². The van der Waals surface area contributed by atoms with E-state index in [2.05, 4.69) is 231 Å². The van der Waals surface area contributed by atoms with Gasteiger partial charge in [-0.25, -0.2) is 15.0 Å². The zero-order valence-corrected chi connectivity index (χ0v) is 46.0. The Hall–Kier alpha value is -12.2. The van der Waals surface area contributed by atoms with Crippen LogP contribution in [0.4, 0.5) is 0 Å². The Balaban J connectivity index is 0.968. The summed E-state index contributed by atoms with van der Waals surface area (Å²) in [5.41, 5.74) is 17.0. The van der Waals surface area contributed by atoms with E-state index < -0.39 is 0 Å². The summed E-state index contributed by atoms with van der Waals surface area (Å²) in [6, 6.07) is 99.4. The lowest BCUT2D eigenvalue weighted by atomic mass is 9.97. The lowest BCUT2D eigenvalue weighted by Gasteiger charge is -2.18. The van der Waals surface area contributed by atoms with Gasteiger partial charge in [-0.15, -0.1) is 0 Å². The number of benzene rings is 12. The van der Waals surface area contributed by atoms with Crippen LogP contribution in [0.3, 0.4) is 0 Å². The van der Waals surface area contributed by atoms with Gasteiger partial charge in [0.1, 0.15) is 0 Å². The largest absolute Gasteiger partial charge is 0.309 e. The predicted octanol–water partition coefficient (Wildman–Crippen LogP) is 18.7. The van der Waals surface area contributed by atoms with E-state index in [-0.39, 0.29) is 0 Å². The van der Waals surface area contributed by atoms with Crippen LogP contribution in [0.1, 0.15) is 11.1 Å². The van der Waals surface area contributed by atoms with Crippen LogP contribution in [0.2, 0.25) is 0 Å². The summed E-state index contributed by atoms with van der Waals surface area (Å²) < 4.78 is 9.43. The number of nitrogens with zero attached hydrogens (tertiary/aromatic N) is 9. The molecular formula is C77H45N9. The highest BCUT2D eigenvalue weighted by Crippen LogP contribution is 2.46. The monoisotopic (exact) mass is 1100 g/mol. The van der Waals surface area contributed by atoms with Gasteiger partial charge in [-0.1, -0.05) is 176 Å². The van der Waals surface area contributed by atoms with Crippen molar-refractivity contribution < 1.29 is 0 Å². The van der Waals surface area contributed by atoms with E-state index in [1.54, 1.807) is 0 Å². The van der Waals surface area contributed by atoms with Gasteiger partial charge in [0, 0.05) is 71.2 Å². The SMILES string of the molecule is N#Cc1ccc(-n2c3ccccc3c3c2ccc2c4ccccc4n(-c4ccccc4)c23)c(-c2nc(-c3ccccc3)nc(-c3cc(-c4ccccc4C#N)ccc3-n3c4ccccc4c4c3ccc3c5ccccc5n(-c5ccccc5)c34)n2)c1. The molecule has 0 radical (unpaired) electrons. The molecule has 0 aliphatic carbocycles. The Morgan fingerprint density at radius 1 is 0.279 bits per heavy atom. The quantitative estimate of drug-likeness (QED) is 0.151. The molecule has 5 aromatic heterocycles. The molecule has 12 aromatic carbocycles. The molecule has 0 amide bonds. The molecule has 0 spiro atoms. The molecule has 0 aliphatic heterocycles. The maximum atomic E-state index is 10.8. The van der Waals surface area contributed by atoms with Crippen LogP contribution in [0, 0.1) is 22.7 Å². The zero-order valence-electron chi connectivity index (χ0n) is 46.0. The Bertz CT molecular complexity index is 5740. The first-order valence-electron chi connectivity index (χ1n) is 28.6. The average Bonchev–Trinajstić information content (AvgIpc) is 1.60. The first kappa shape index (κ1) is 48.5. The van der Waals surface area contributed by atoms with E-state index >= 15 is 0 Å². The van der Waals surface area contributed by atoms with Crippen LogP contribution >= 0.6 is 0 Å². The average molecular weight is 1100 g/mol. The first-order chi connectivity index (χ1) is 42.6. The summed E-state index contributed by atoms with van der Waals surface area (Å²) in [5.74, 6) is 1.26. The fourth-order valence-corrected chi connectivity index (χ4v) is 13.4. The van der Waals surface area contributed by atoms with Crippen molar-refractivity contribution in [3.8, 4) is 80.2 Å². The van der Waals surface area contributed by atoms with Gasteiger partial charge >= 0.3 is 0 Å². The first-order valence-corrected chi connectivity index (χ1v) is 28.6. The van der Waals surface area contributed by atoms with Crippen LogP contribution in [0.5, 0.6) is 0 Å². The number of hydrogen-bond donors (Lipinski definition) is 0. The number of nitriles is 2. The van der Waals surface area contributed by atoms with E-state index in [4.69, 9.17) is 15.0 Å². The van der Waals surface area contributed by atoms with E-state index in [1.165, 1.54) is 10.8 Å². The molecule has 0 atom stereocenters. The number of para-hydroxylation sites is 6. The lowest BCUT2D eigenvalue weighted by Crippen LogP contribution is -2.06. The summed E-state index contributed by atoms with van der Waals surface area (Å²) >= 11 is 0. The molecule has 17 rings (SSSR count). The van der Waals surface area contributed by atoms with Crippen molar-refractivity contribution >= 4 is 87.2 Å². The van der Waals surface area contributed by atoms with Crippen LogP contribution in [-0.2, 0) is 0 Å². The molecule has 86 heavy (non-hydrogen) atoms. The maximum Gasteiger partial charge on any atom is 0.166 e. The van der Waals surface area contributed by atoms with Crippen LogP contribution in [0.15, 0.2) is 273 Å². The summed E-state index contributed by atoms with van der Waals surface area (Å²) in [6.07, 6.45) is 0. The Labute approximate surface area is 492 Å². The Morgan fingerprint density at radius 2 is 0.709 bits per heavy atom. The van der Waals surface area contributed by atoms with Gasteiger partial charge in [-0.2, -0.15) is 10.5 Å². The molecule has 17 aromatic rings. The molecule has 0 aliphatic rings. The predicted molar refractivity (Wildman–Crippen MR) is 348 cm³/mol. The number of fused-ring (bicyclic) bond motifs is 14. The van der Waals surface area contributed by atoms with Gasteiger partial charge in [0.05, 0.1) is 78.8 Å². The van der Waals surface area contributed by atoms with Crippen molar-refractivity contribution in [2.75, 3.05) is 0 Å². The second kappa shape index (κ2) is 19.2. The molecule has 9 nitrogen and oxygen atoms in total. The standard InChI is InChI=1S/C77H45N9/c78-46-48-36-40-67(85-65-34-18-14-30-59(65)71-69(85)42-38-57-55-28-12-16-32-63(55)83(73(57)71)52-23-6-2-7-24-52)61(44-48)76-80-75(49-20-4-1-5-21-49)81-77(82-76)62-45-50(54-27-11-10-22-51(54)47-79)37-41-68(62)86-66-35-19-15-31-60(66)72-70(86)43-39-58-56-29-13-17-33-64(56)84(74(58)72)53-25-8-3-9-26-53/h1-45H. The minimum Gasteiger partial charge on any atom is -0.309 e. The Kier molecular flexibility index (Phi) is 10.8. The molecule has 0 fully saturated rings. The van der Waals surface area contributed by atoms with Gasteiger partial charge < -0.3 is 18.3 Å².